The molecule has 2 aliphatic rings. The molecule has 0 saturated carbocycles. The minimum atomic E-state index is 0.187. The van der Waals surface area contributed by atoms with Crippen LogP contribution >= 0.6 is 0 Å². The number of aryl methyl sites for hydroxylation is 1. The van der Waals surface area contributed by atoms with Crippen LogP contribution in [0.4, 0.5) is 11.5 Å². The van der Waals surface area contributed by atoms with Crippen LogP contribution in [0.25, 0.3) is 0 Å². The predicted octanol–water partition coefficient (Wildman–Crippen LogP) is 2.69. The number of anilines is 2. The van der Waals surface area contributed by atoms with Gasteiger partial charge in [-0.15, -0.1) is 0 Å². The van der Waals surface area contributed by atoms with Crippen LogP contribution in [0, 0.1) is 6.92 Å². The number of carbonyl (C=O) groups excluding carboxylic acids is 1. The van der Waals surface area contributed by atoms with Crippen LogP contribution in [0.1, 0.15) is 24.8 Å². The van der Waals surface area contributed by atoms with Crippen molar-refractivity contribution in [2.24, 2.45) is 0 Å². The molecular weight excluding hydrogens is 374 g/mol. The second-order valence-corrected chi connectivity index (χ2v) is 8.44. The van der Waals surface area contributed by atoms with E-state index in [-0.39, 0.29) is 11.9 Å². The molecule has 0 unspecified atom stereocenters. The Labute approximate surface area is 179 Å². The number of nitrogens with zero attached hydrogens (tertiary/aromatic N) is 4. The lowest BCUT2D eigenvalue weighted by atomic mass is 10.0. The molecule has 1 N–H and O–H groups in total. The van der Waals surface area contributed by atoms with E-state index in [0.717, 1.165) is 64.5 Å². The van der Waals surface area contributed by atoms with Gasteiger partial charge in [-0.3, -0.25) is 9.69 Å². The maximum atomic E-state index is 12.5. The predicted molar refractivity (Wildman–Crippen MR) is 122 cm³/mol. The summed E-state index contributed by atoms with van der Waals surface area (Å²) in [7, 11) is 0. The highest BCUT2D eigenvalue weighted by atomic mass is 16.1. The van der Waals surface area contributed by atoms with Gasteiger partial charge in [-0.2, -0.15) is 0 Å². The summed E-state index contributed by atoms with van der Waals surface area (Å²) in [6.45, 7) is 8.88. The van der Waals surface area contributed by atoms with Crippen molar-refractivity contribution in [3.8, 4) is 0 Å². The third-order valence-corrected chi connectivity index (χ3v) is 6.23. The zero-order chi connectivity index (χ0) is 20.8. The quantitative estimate of drug-likeness (QED) is 0.798. The molecule has 2 saturated heterocycles. The molecule has 2 aliphatic heterocycles. The summed E-state index contributed by atoms with van der Waals surface area (Å²) < 4.78 is 0. The number of piperazine rings is 1. The van der Waals surface area contributed by atoms with Gasteiger partial charge < -0.3 is 15.1 Å². The Balaban J connectivity index is 1.13. The van der Waals surface area contributed by atoms with E-state index in [1.54, 1.807) is 0 Å². The summed E-state index contributed by atoms with van der Waals surface area (Å²) in [5, 5.41) is 3.25. The first-order valence-electron chi connectivity index (χ1n) is 11.2. The summed E-state index contributed by atoms with van der Waals surface area (Å²) >= 11 is 0. The Morgan fingerprint density at radius 2 is 1.70 bits per heavy atom. The highest BCUT2D eigenvalue weighted by Gasteiger charge is 2.22. The van der Waals surface area contributed by atoms with E-state index < -0.39 is 0 Å². The van der Waals surface area contributed by atoms with Gasteiger partial charge in [-0.05, 0) is 43.5 Å². The summed E-state index contributed by atoms with van der Waals surface area (Å²) in [5.74, 6) is 1.23. The van der Waals surface area contributed by atoms with Gasteiger partial charge in [0.2, 0.25) is 5.91 Å². The molecular formula is C24H33N5O. The van der Waals surface area contributed by atoms with E-state index in [9.17, 15) is 4.79 Å². The molecule has 30 heavy (non-hydrogen) atoms. The monoisotopic (exact) mass is 407 g/mol. The number of aromatic nitrogens is 1. The second-order valence-electron chi connectivity index (χ2n) is 8.44. The highest BCUT2D eigenvalue weighted by Crippen LogP contribution is 2.18. The Morgan fingerprint density at radius 1 is 0.967 bits per heavy atom. The lowest BCUT2D eigenvalue weighted by Gasteiger charge is -2.36. The van der Waals surface area contributed by atoms with Gasteiger partial charge >= 0.3 is 0 Å². The molecule has 2 aromatic rings. The van der Waals surface area contributed by atoms with Crippen LogP contribution in [0.5, 0.6) is 0 Å². The van der Waals surface area contributed by atoms with E-state index in [0.29, 0.717) is 6.42 Å². The molecule has 1 amide bonds. The van der Waals surface area contributed by atoms with Crippen LogP contribution in [0.3, 0.4) is 0 Å². The van der Waals surface area contributed by atoms with Crippen molar-refractivity contribution < 1.29 is 4.79 Å². The van der Waals surface area contributed by atoms with E-state index in [4.69, 9.17) is 0 Å². The van der Waals surface area contributed by atoms with E-state index in [1.807, 2.05) is 6.20 Å². The number of hydrogen-bond acceptors (Lipinski definition) is 5. The molecule has 0 atom stereocenters. The number of nitrogens with one attached hydrogen (secondary N) is 1. The number of piperidine rings is 1. The van der Waals surface area contributed by atoms with E-state index in [2.05, 4.69) is 74.4 Å². The molecule has 4 rings (SSSR count). The van der Waals surface area contributed by atoms with E-state index >= 15 is 0 Å². The summed E-state index contributed by atoms with van der Waals surface area (Å²) in [6.07, 6.45) is 4.47. The lowest BCUT2D eigenvalue weighted by molar-refractivity contribution is -0.122. The molecule has 1 aromatic carbocycles. The molecule has 0 radical (unpaired) electrons. The molecule has 6 nitrogen and oxygen atoms in total. The van der Waals surface area contributed by atoms with Crippen LogP contribution in [0.2, 0.25) is 0 Å². The van der Waals surface area contributed by atoms with Crippen molar-refractivity contribution in [3.05, 3.63) is 54.2 Å². The molecule has 0 bridgehead atoms. The Hall–Kier alpha value is -2.60. The van der Waals surface area contributed by atoms with Crippen LogP contribution in [-0.2, 0) is 4.79 Å². The number of carbonyl (C=O) groups is 1. The third-order valence-electron chi connectivity index (χ3n) is 6.23. The zero-order valence-electron chi connectivity index (χ0n) is 18.0. The van der Waals surface area contributed by atoms with Crippen molar-refractivity contribution in [1.29, 1.82) is 0 Å². The van der Waals surface area contributed by atoms with Gasteiger partial charge in [-0.25, -0.2) is 4.98 Å². The van der Waals surface area contributed by atoms with Crippen molar-refractivity contribution in [1.82, 2.24) is 15.2 Å². The summed E-state index contributed by atoms with van der Waals surface area (Å²) in [5.41, 5.74) is 2.48. The third kappa shape index (κ3) is 5.51. The van der Waals surface area contributed by atoms with Crippen LogP contribution < -0.4 is 15.1 Å². The Kier molecular flexibility index (Phi) is 6.84. The van der Waals surface area contributed by atoms with Gasteiger partial charge in [0.15, 0.2) is 0 Å². The van der Waals surface area contributed by atoms with Crippen molar-refractivity contribution in [2.75, 3.05) is 55.6 Å². The maximum Gasteiger partial charge on any atom is 0.221 e. The van der Waals surface area contributed by atoms with Crippen LogP contribution in [0.15, 0.2) is 48.7 Å². The smallest absolute Gasteiger partial charge is 0.221 e. The Bertz CT molecular complexity index is 794. The second kappa shape index (κ2) is 9.94. The van der Waals surface area contributed by atoms with Crippen molar-refractivity contribution in [3.63, 3.8) is 0 Å². The fourth-order valence-corrected chi connectivity index (χ4v) is 4.33. The number of hydrogen-bond donors (Lipinski definition) is 1. The van der Waals surface area contributed by atoms with Gasteiger partial charge in [-0.1, -0.05) is 24.3 Å². The van der Waals surface area contributed by atoms with Gasteiger partial charge in [0.05, 0.1) is 0 Å². The van der Waals surface area contributed by atoms with Crippen LogP contribution in [-0.4, -0.2) is 67.6 Å². The van der Waals surface area contributed by atoms with Gasteiger partial charge in [0, 0.05) is 70.2 Å². The van der Waals surface area contributed by atoms with Gasteiger partial charge in [0.1, 0.15) is 5.82 Å². The number of benzene rings is 1. The summed E-state index contributed by atoms with van der Waals surface area (Å²) in [4.78, 5) is 24.1. The maximum absolute atomic E-state index is 12.5. The Morgan fingerprint density at radius 3 is 2.37 bits per heavy atom. The molecule has 1 aromatic heterocycles. The average Bonchev–Trinajstić information content (AvgIpc) is 2.80. The minimum absolute atomic E-state index is 0.187. The molecule has 2 fully saturated rings. The number of amides is 1. The SMILES string of the molecule is Cc1ccc(N2CCC(NC(=O)CCN3CCN(c4ccccc4)CC3)CC2)nc1. The fraction of sp³-hybridized carbons (Fsp3) is 0.500. The average molecular weight is 408 g/mol. The molecule has 0 spiro atoms. The first kappa shape index (κ1) is 20.7. The first-order valence-corrected chi connectivity index (χ1v) is 11.2. The topological polar surface area (TPSA) is 51.7 Å². The van der Waals surface area contributed by atoms with Crippen molar-refractivity contribution in [2.45, 2.75) is 32.2 Å². The number of rotatable bonds is 6. The molecule has 0 aliphatic carbocycles. The molecule has 3 heterocycles. The number of pyridine rings is 1. The minimum Gasteiger partial charge on any atom is -0.369 e. The fourth-order valence-electron chi connectivity index (χ4n) is 4.33. The first-order chi connectivity index (χ1) is 14.7. The molecule has 160 valence electrons. The standard InChI is InChI=1S/C24H33N5O/c1-20-7-8-23(25-19-20)29-13-9-21(10-14-29)26-24(30)11-12-27-15-17-28(18-16-27)22-5-3-2-4-6-22/h2-8,19,21H,9-18H2,1H3,(H,26,30). The normalized spacial score (nSPS) is 18.4. The number of para-hydroxylation sites is 1. The largest absolute Gasteiger partial charge is 0.369 e. The lowest BCUT2D eigenvalue weighted by Crippen LogP contribution is -2.48. The summed E-state index contributed by atoms with van der Waals surface area (Å²) in [6, 6.07) is 15.1. The van der Waals surface area contributed by atoms with Gasteiger partial charge in [0.25, 0.3) is 0 Å². The highest BCUT2D eigenvalue weighted by molar-refractivity contribution is 5.76. The van der Waals surface area contributed by atoms with E-state index in [1.165, 1.54) is 11.3 Å². The molecule has 6 heteroatoms. The zero-order valence-corrected chi connectivity index (χ0v) is 18.0. The van der Waals surface area contributed by atoms with Crippen molar-refractivity contribution >= 4 is 17.4 Å².